The van der Waals surface area contributed by atoms with E-state index in [0.717, 1.165) is 19.3 Å². The van der Waals surface area contributed by atoms with Crippen LogP contribution in [0.25, 0.3) is 0 Å². The van der Waals surface area contributed by atoms with Gasteiger partial charge < -0.3 is 15.2 Å². The summed E-state index contributed by atoms with van der Waals surface area (Å²) in [5.41, 5.74) is 0.621. The van der Waals surface area contributed by atoms with Crippen molar-refractivity contribution in [1.29, 1.82) is 0 Å². The molecule has 0 radical (unpaired) electrons. The number of esters is 1. The summed E-state index contributed by atoms with van der Waals surface area (Å²) in [6.07, 6.45) is 3.05. The molecule has 0 aromatic heterocycles. The van der Waals surface area contributed by atoms with Gasteiger partial charge in [0.05, 0.1) is 13.5 Å². The van der Waals surface area contributed by atoms with Gasteiger partial charge in [0.1, 0.15) is 5.75 Å². The van der Waals surface area contributed by atoms with Crippen molar-refractivity contribution < 1.29 is 19.4 Å². The first-order valence-electron chi connectivity index (χ1n) is 6.74. The van der Waals surface area contributed by atoms with Crippen LogP contribution in [0.2, 0.25) is 0 Å². The SMILES string of the molecule is COC(=O)CCCCCNC(=O)Cc1ccccc1O. The molecule has 0 heterocycles. The molecule has 20 heavy (non-hydrogen) atoms. The highest BCUT2D eigenvalue weighted by atomic mass is 16.5. The van der Waals surface area contributed by atoms with Gasteiger partial charge in [-0.1, -0.05) is 24.6 Å². The Morgan fingerprint density at radius 2 is 1.95 bits per heavy atom. The van der Waals surface area contributed by atoms with Gasteiger partial charge >= 0.3 is 5.97 Å². The number of hydrogen-bond donors (Lipinski definition) is 2. The second kappa shape index (κ2) is 8.96. The zero-order valence-electron chi connectivity index (χ0n) is 11.7. The van der Waals surface area contributed by atoms with E-state index in [0.29, 0.717) is 18.5 Å². The second-order valence-corrected chi connectivity index (χ2v) is 4.54. The van der Waals surface area contributed by atoms with Crippen LogP contribution < -0.4 is 5.32 Å². The third-order valence-corrected chi connectivity index (χ3v) is 2.95. The molecule has 0 bridgehead atoms. The van der Waals surface area contributed by atoms with E-state index in [1.165, 1.54) is 7.11 Å². The molecule has 1 amide bonds. The van der Waals surface area contributed by atoms with Crippen molar-refractivity contribution in [3.63, 3.8) is 0 Å². The Bertz CT molecular complexity index is 445. The third kappa shape index (κ3) is 6.22. The van der Waals surface area contributed by atoms with E-state index >= 15 is 0 Å². The topological polar surface area (TPSA) is 75.6 Å². The van der Waals surface area contributed by atoms with Crippen molar-refractivity contribution >= 4 is 11.9 Å². The number of para-hydroxylation sites is 1. The van der Waals surface area contributed by atoms with E-state index in [2.05, 4.69) is 10.1 Å². The average molecular weight is 279 g/mol. The molecule has 0 aliphatic heterocycles. The summed E-state index contributed by atoms with van der Waals surface area (Å²) in [5, 5.41) is 12.3. The van der Waals surface area contributed by atoms with Crippen molar-refractivity contribution in [1.82, 2.24) is 5.32 Å². The number of rotatable bonds is 8. The molecule has 0 saturated heterocycles. The number of methoxy groups -OCH3 is 1. The summed E-state index contributed by atoms with van der Waals surface area (Å²) in [7, 11) is 1.38. The lowest BCUT2D eigenvalue weighted by Crippen LogP contribution is -2.26. The highest BCUT2D eigenvalue weighted by Gasteiger charge is 2.06. The van der Waals surface area contributed by atoms with E-state index in [4.69, 9.17) is 0 Å². The minimum atomic E-state index is -0.200. The van der Waals surface area contributed by atoms with Gasteiger partial charge in [-0.2, -0.15) is 0 Å². The third-order valence-electron chi connectivity index (χ3n) is 2.95. The zero-order chi connectivity index (χ0) is 14.8. The first-order chi connectivity index (χ1) is 9.63. The van der Waals surface area contributed by atoms with Gasteiger partial charge in [-0.25, -0.2) is 0 Å². The van der Waals surface area contributed by atoms with Gasteiger partial charge in [-0.3, -0.25) is 9.59 Å². The van der Waals surface area contributed by atoms with Crippen LogP contribution in [0, 0.1) is 0 Å². The fourth-order valence-corrected chi connectivity index (χ4v) is 1.80. The highest BCUT2D eigenvalue weighted by molar-refractivity contribution is 5.79. The molecular formula is C15H21NO4. The number of carbonyl (C=O) groups is 2. The second-order valence-electron chi connectivity index (χ2n) is 4.54. The van der Waals surface area contributed by atoms with E-state index in [1.54, 1.807) is 24.3 Å². The minimum Gasteiger partial charge on any atom is -0.508 e. The average Bonchev–Trinajstić information content (AvgIpc) is 2.44. The predicted octanol–water partition coefficient (Wildman–Crippen LogP) is 1.78. The normalized spacial score (nSPS) is 10.1. The lowest BCUT2D eigenvalue weighted by molar-refractivity contribution is -0.140. The van der Waals surface area contributed by atoms with E-state index in [-0.39, 0.29) is 24.0 Å². The number of hydrogen-bond acceptors (Lipinski definition) is 4. The molecule has 110 valence electrons. The summed E-state index contributed by atoms with van der Waals surface area (Å²) >= 11 is 0. The number of unbranched alkanes of at least 4 members (excludes halogenated alkanes) is 2. The number of aromatic hydroxyl groups is 1. The van der Waals surface area contributed by atoms with Crippen molar-refractivity contribution in [2.24, 2.45) is 0 Å². The molecule has 0 spiro atoms. The molecule has 1 rings (SSSR count). The number of ether oxygens (including phenoxy) is 1. The maximum Gasteiger partial charge on any atom is 0.305 e. The fourth-order valence-electron chi connectivity index (χ4n) is 1.80. The summed E-state index contributed by atoms with van der Waals surface area (Å²) < 4.78 is 4.54. The Hall–Kier alpha value is -2.04. The summed E-state index contributed by atoms with van der Waals surface area (Å²) in [6, 6.07) is 6.80. The van der Waals surface area contributed by atoms with Gasteiger partial charge in [0.15, 0.2) is 0 Å². The van der Waals surface area contributed by atoms with Gasteiger partial charge in [-0.15, -0.1) is 0 Å². The van der Waals surface area contributed by atoms with Crippen LogP contribution in [0.1, 0.15) is 31.2 Å². The Balaban J connectivity index is 2.12. The van der Waals surface area contributed by atoms with Gasteiger partial charge in [0.2, 0.25) is 5.91 Å². The highest BCUT2D eigenvalue weighted by Crippen LogP contribution is 2.15. The molecule has 0 atom stereocenters. The van der Waals surface area contributed by atoms with E-state index in [9.17, 15) is 14.7 Å². The minimum absolute atomic E-state index is 0.112. The molecule has 0 fully saturated rings. The Labute approximate surface area is 118 Å². The number of benzene rings is 1. The smallest absolute Gasteiger partial charge is 0.305 e. The van der Waals surface area contributed by atoms with Crippen LogP contribution >= 0.6 is 0 Å². The molecule has 0 unspecified atom stereocenters. The molecular weight excluding hydrogens is 258 g/mol. The molecule has 0 aliphatic rings. The number of nitrogens with one attached hydrogen (secondary N) is 1. The van der Waals surface area contributed by atoms with Crippen molar-refractivity contribution in [2.45, 2.75) is 32.1 Å². The molecule has 0 saturated carbocycles. The summed E-state index contributed by atoms with van der Waals surface area (Å²) in [4.78, 5) is 22.5. The maximum absolute atomic E-state index is 11.7. The monoisotopic (exact) mass is 279 g/mol. The first-order valence-corrected chi connectivity index (χ1v) is 6.74. The molecule has 2 N–H and O–H groups in total. The molecule has 1 aromatic carbocycles. The van der Waals surface area contributed by atoms with E-state index in [1.807, 2.05) is 0 Å². The largest absolute Gasteiger partial charge is 0.508 e. The standard InChI is InChI=1S/C15H21NO4/c1-20-15(19)9-3-2-6-10-16-14(18)11-12-7-4-5-8-13(12)17/h4-5,7-8,17H,2-3,6,9-11H2,1H3,(H,16,18). The van der Waals surface area contributed by atoms with Crippen LogP contribution in [0.15, 0.2) is 24.3 Å². The van der Waals surface area contributed by atoms with Crippen molar-refractivity contribution in [3.8, 4) is 5.75 Å². The lowest BCUT2D eigenvalue weighted by atomic mass is 10.1. The number of amides is 1. The predicted molar refractivity (Wildman–Crippen MR) is 75.3 cm³/mol. The first kappa shape index (κ1) is 16.0. The molecule has 5 nitrogen and oxygen atoms in total. The quantitative estimate of drug-likeness (QED) is 0.562. The van der Waals surface area contributed by atoms with Crippen LogP contribution in [0.4, 0.5) is 0 Å². The fraction of sp³-hybridized carbons (Fsp3) is 0.467. The molecule has 1 aromatic rings. The molecule has 5 heteroatoms. The Morgan fingerprint density at radius 1 is 1.20 bits per heavy atom. The summed E-state index contributed by atoms with van der Waals surface area (Å²) in [5.74, 6) is -0.172. The lowest BCUT2D eigenvalue weighted by Gasteiger charge is -2.06. The van der Waals surface area contributed by atoms with Crippen LogP contribution in [0.5, 0.6) is 5.75 Å². The number of phenolic OH excluding ortho intramolecular Hbond substituents is 1. The molecule has 0 aliphatic carbocycles. The van der Waals surface area contributed by atoms with Crippen LogP contribution in [-0.4, -0.2) is 30.6 Å². The van der Waals surface area contributed by atoms with E-state index < -0.39 is 0 Å². The summed E-state index contributed by atoms with van der Waals surface area (Å²) in [6.45, 7) is 0.577. The van der Waals surface area contributed by atoms with Crippen molar-refractivity contribution in [2.75, 3.05) is 13.7 Å². The zero-order valence-corrected chi connectivity index (χ0v) is 11.7. The number of phenols is 1. The van der Waals surface area contributed by atoms with Crippen LogP contribution in [-0.2, 0) is 20.7 Å². The van der Waals surface area contributed by atoms with Gasteiger partial charge in [0, 0.05) is 18.5 Å². The Kier molecular flexibility index (Phi) is 7.17. The van der Waals surface area contributed by atoms with Crippen LogP contribution in [0.3, 0.4) is 0 Å². The van der Waals surface area contributed by atoms with Gasteiger partial charge in [-0.05, 0) is 18.9 Å². The van der Waals surface area contributed by atoms with Gasteiger partial charge in [0.25, 0.3) is 0 Å². The van der Waals surface area contributed by atoms with Crippen molar-refractivity contribution in [3.05, 3.63) is 29.8 Å². The Morgan fingerprint density at radius 3 is 2.65 bits per heavy atom. The maximum atomic E-state index is 11.7. The number of carbonyl (C=O) groups excluding carboxylic acids is 2.